The fourth-order valence-electron chi connectivity index (χ4n) is 4.20. The minimum Gasteiger partial charge on any atom is -0.458 e. The number of rotatable bonds is 15. The van der Waals surface area contributed by atoms with Gasteiger partial charge < -0.3 is 29.4 Å². The number of carbonyl (C=O) groups is 4. The predicted octanol–water partition coefficient (Wildman–Crippen LogP) is 5.66. The first kappa shape index (κ1) is 34.1. The van der Waals surface area contributed by atoms with E-state index < -0.39 is 36.2 Å². The first-order valence-electron chi connectivity index (χ1n) is 14.8. The lowest BCUT2D eigenvalue weighted by molar-refractivity contribution is -0.152. The number of esters is 3. The highest BCUT2D eigenvalue weighted by Gasteiger charge is 2.23. The minimum atomic E-state index is -1.03. The first-order valence-corrected chi connectivity index (χ1v) is 14.8. The van der Waals surface area contributed by atoms with Gasteiger partial charge in [0.15, 0.2) is 11.5 Å². The van der Waals surface area contributed by atoms with Crippen LogP contribution >= 0.6 is 0 Å². The third-order valence-corrected chi connectivity index (χ3v) is 6.63. The lowest BCUT2D eigenvalue weighted by atomic mass is 9.98. The van der Waals surface area contributed by atoms with Crippen molar-refractivity contribution in [3.05, 3.63) is 23.8 Å². The molecule has 1 aliphatic rings. The Morgan fingerprint density at radius 2 is 1.44 bits per heavy atom. The molecule has 0 heterocycles. The fourth-order valence-corrected chi connectivity index (χ4v) is 4.20. The molecule has 1 aliphatic carbocycles. The van der Waals surface area contributed by atoms with E-state index >= 15 is 0 Å². The van der Waals surface area contributed by atoms with Crippen molar-refractivity contribution in [1.82, 2.24) is 0 Å². The molecule has 1 saturated carbocycles. The Morgan fingerprint density at radius 1 is 0.854 bits per heavy atom. The fraction of sp³-hybridized carbons (Fsp3) is 0.677. The third-order valence-electron chi connectivity index (χ3n) is 6.63. The molecule has 0 aromatic heterocycles. The van der Waals surface area contributed by atoms with Crippen LogP contribution in [-0.4, -0.2) is 48.9 Å². The average molecular weight is 578 g/mol. The summed E-state index contributed by atoms with van der Waals surface area (Å²) in [5.74, 6) is -0.678. The molecule has 0 amide bonds. The Kier molecular flexibility index (Phi) is 14.6. The minimum absolute atomic E-state index is 0.0776. The number of benzene rings is 1. The summed E-state index contributed by atoms with van der Waals surface area (Å²) in [6.07, 6.45) is 5.07. The quantitative estimate of drug-likeness (QED) is 0.205. The standard InChI is InChI=1S/C31H47NO9/c1-20(2)11-15-28(33)40-26-14-13-23(18-27(26)41-29(34)16-12-21(3)4)17-25(32)30(35)38-22(5)19-37-31(36)39-24-9-7-6-8-10-24/h13-14,18,20-22,24-25H,6-12,15-17,19,32H2,1-5H3/t22-,25-/m0/s1. The molecule has 230 valence electrons. The topological polar surface area (TPSA) is 140 Å². The van der Waals surface area contributed by atoms with Gasteiger partial charge in [-0.3, -0.25) is 14.4 Å². The van der Waals surface area contributed by atoms with E-state index in [1.807, 2.05) is 27.7 Å². The van der Waals surface area contributed by atoms with Gasteiger partial charge in [-0.05, 0) is 81.4 Å². The SMILES string of the molecule is CC(C)CCC(=O)Oc1ccc(C[C@H](N)C(=O)O[C@@H](C)COC(=O)OC2CCCCC2)cc1OC(=O)CCC(C)C. The third kappa shape index (κ3) is 13.9. The molecule has 0 radical (unpaired) electrons. The Balaban J connectivity index is 1.95. The second-order valence-electron chi connectivity index (χ2n) is 11.6. The van der Waals surface area contributed by atoms with Crippen LogP contribution < -0.4 is 15.2 Å². The predicted molar refractivity (Wildman–Crippen MR) is 152 cm³/mol. The van der Waals surface area contributed by atoms with Gasteiger partial charge in [-0.25, -0.2) is 4.79 Å². The van der Waals surface area contributed by atoms with Gasteiger partial charge in [-0.2, -0.15) is 0 Å². The zero-order valence-corrected chi connectivity index (χ0v) is 25.1. The lowest BCUT2D eigenvalue weighted by Gasteiger charge is -2.22. The molecule has 1 fully saturated rings. The van der Waals surface area contributed by atoms with Gasteiger partial charge >= 0.3 is 24.1 Å². The summed E-state index contributed by atoms with van der Waals surface area (Å²) in [6, 6.07) is 3.69. The molecule has 0 saturated heterocycles. The van der Waals surface area contributed by atoms with E-state index in [-0.39, 0.29) is 43.5 Å². The average Bonchev–Trinajstić information content (AvgIpc) is 2.91. The maximum atomic E-state index is 12.6. The van der Waals surface area contributed by atoms with Crippen LogP contribution in [0.1, 0.15) is 98.0 Å². The molecule has 1 aromatic carbocycles. The largest absolute Gasteiger partial charge is 0.508 e. The zero-order valence-electron chi connectivity index (χ0n) is 25.1. The second-order valence-corrected chi connectivity index (χ2v) is 11.6. The van der Waals surface area contributed by atoms with Crippen LogP contribution in [0.3, 0.4) is 0 Å². The summed E-state index contributed by atoms with van der Waals surface area (Å²) in [6.45, 7) is 9.47. The number of ether oxygens (including phenoxy) is 5. The second kappa shape index (κ2) is 17.6. The van der Waals surface area contributed by atoms with Crippen molar-refractivity contribution in [2.45, 2.75) is 117 Å². The monoisotopic (exact) mass is 577 g/mol. The molecule has 10 heteroatoms. The van der Waals surface area contributed by atoms with Crippen molar-refractivity contribution in [3.63, 3.8) is 0 Å². The maximum Gasteiger partial charge on any atom is 0.508 e. The van der Waals surface area contributed by atoms with Crippen LogP contribution in [0.15, 0.2) is 18.2 Å². The van der Waals surface area contributed by atoms with Gasteiger partial charge in [0.2, 0.25) is 0 Å². The Morgan fingerprint density at radius 3 is 2.02 bits per heavy atom. The van der Waals surface area contributed by atoms with Crippen molar-refractivity contribution in [3.8, 4) is 11.5 Å². The molecule has 1 aromatic rings. The van der Waals surface area contributed by atoms with Crippen LogP contribution in [0.4, 0.5) is 4.79 Å². The van der Waals surface area contributed by atoms with Gasteiger partial charge in [0, 0.05) is 12.8 Å². The van der Waals surface area contributed by atoms with Crippen molar-refractivity contribution >= 4 is 24.1 Å². The first-order chi connectivity index (χ1) is 19.4. The highest BCUT2D eigenvalue weighted by atomic mass is 16.7. The number of hydrogen-bond acceptors (Lipinski definition) is 10. The summed E-state index contributed by atoms with van der Waals surface area (Å²) in [5.41, 5.74) is 6.68. The van der Waals surface area contributed by atoms with Crippen LogP contribution in [0.5, 0.6) is 11.5 Å². The van der Waals surface area contributed by atoms with Crippen LogP contribution in [0.25, 0.3) is 0 Å². The molecule has 2 N–H and O–H groups in total. The van der Waals surface area contributed by atoms with Crippen LogP contribution in [-0.2, 0) is 35.0 Å². The van der Waals surface area contributed by atoms with E-state index in [0.717, 1.165) is 32.1 Å². The molecule has 0 bridgehead atoms. The van der Waals surface area contributed by atoms with Crippen molar-refractivity contribution < 1.29 is 42.9 Å². The molecule has 41 heavy (non-hydrogen) atoms. The van der Waals surface area contributed by atoms with Gasteiger partial charge in [0.05, 0.1) is 0 Å². The van der Waals surface area contributed by atoms with Crippen molar-refractivity contribution in [2.75, 3.05) is 6.61 Å². The van der Waals surface area contributed by atoms with E-state index in [4.69, 9.17) is 29.4 Å². The van der Waals surface area contributed by atoms with E-state index in [2.05, 4.69) is 0 Å². The lowest BCUT2D eigenvalue weighted by Crippen LogP contribution is -2.37. The van der Waals surface area contributed by atoms with Gasteiger partial charge in [-0.1, -0.05) is 40.2 Å². The zero-order chi connectivity index (χ0) is 30.4. The normalized spacial score (nSPS) is 15.2. The number of nitrogens with two attached hydrogens (primary N) is 1. The van der Waals surface area contributed by atoms with E-state index in [9.17, 15) is 19.2 Å². The molecular formula is C31H47NO9. The Bertz CT molecular complexity index is 1000. The van der Waals surface area contributed by atoms with Crippen molar-refractivity contribution in [2.24, 2.45) is 17.6 Å². The Labute approximate surface area is 243 Å². The van der Waals surface area contributed by atoms with Crippen LogP contribution in [0, 0.1) is 11.8 Å². The molecular weight excluding hydrogens is 530 g/mol. The van der Waals surface area contributed by atoms with E-state index in [0.29, 0.717) is 30.2 Å². The highest BCUT2D eigenvalue weighted by Crippen LogP contribution is 2.30. The molecule has 0 aliphatic heterocycles. The molecule has 0 spiro atoms. The van der Waals surface area contributed by atoms with E-state index in [1.165, 1.54) is 6.07 Å². The molecule has 2 rings (SSSR count). The highest BCUT2D eigenvalue weighted by molar-refractivity contribution is 5.77. The summed E-state index contributed by atoms with van der Waals surface area (Å²) in [4.78, 5) is 49.3. The molecule has 0 unspecified atom stereocenters. The van der Waals surface area contributed by atoms with Gasteiger partial charge in [-0.15, -0.1) is 0 Å². The number of hydrogen-bond donors (Lipinski definition) is 1. The van der Waals surface area contributed by atoms with Crippen LogP contribution in [0.2, 0.25) is 0 Å². The molecule has 10 nitrogen and oxygen atoms in total. The Hall–Kier alpha value is -3.14. The van der Waals surface area contributed by atoms with Crippen molar-refractivity contribution in [1.29, 1.82) is 0 Å². The smallest absolute Gasteiger partial charge is 0.458 e. The van der Waals surface area contributed by atoms with Gasteiger partial charge in [0.1, 0.15) is 24.9 Å². The number of carbonyl (C=O) groups excluding carboxylic acids is 4. The summed E-state index contributed by atoms with van der Waals surface area (Å²) >= 11 is 0. The van der Waals surface area contributed by atoms with Gasteiger partial charge in [0.25, 0.3) is 0 Å². The summed E-state index contributed by atoms with van der Waals surface area (Å²) in [7, 11) is 0. The molecule has 2 atom stereocenters. The summed E-state index contributed by atoms with van der Waals surface area (Å²) in [5, 5.41) is 0. The van der Waals surface area contributed by atoms with E-state index in [1.54, 1.807) is 19.1 Å². The summed E-state index contributed by atoms with van der Waals surface area (Å²) < 4.78 is 26.8. The maximum absolute atomic E-state index is 12.6.